The summed E-state index contributed by atoms with van der Waals surface area (Å²) in [5.41, 5.74) is 0.978. The number of hydrogen-bond acceptors (Lipinski definition) is 5. The molecule has 1 unspecified atom stereocenters. The molecule has 1 rings (SSSR count). The summed E-state index contributed by atoms with van der Waals surface area (Å²) in [5.74, 6) is 1.58. The van der Waals surface area contributed by atoms with E-state index in [9.17, 15) is 8.42 Å². The third kappa shape index (κ3) is 5.55. The molecule has 0 fully saturated rings. The molecule has 6 heteroatoms. The predicted octanol–water partition coefficient (Wildman–Crippen LogP) is 2.18. The number of rotatable bonds is 9. The second kappa shape index (κ2) is 8.24. The fourth-order valence-electron chi connectivity index (χ4n) is 1.97. The van der Waals surface area contributed by atoms with E-state index in [0.29, 0.717) is 17.9 Å². The molecule has 0 heterocycles. The molecule has 120 valence electrons. The average Bonchev–Trinajstić information content (AvgIpc) is 2.46. The molecule has 0 radical (unpaired) electrons. The maximum atomic E-state index is 11.7. The first-order chi connectivity index (χ1) is 9.93. The second-order valence-corrected chi connectivity index (χ2v) is 7.22. The van der Waals surface area contributed by atoms with Gasteiger partial charge in [-0.2, -0.15) is 0 Å². The molecular formula is C15H25NO4S. The van der Waals surface area contributed by atoms with E-state index in [1.165, 1.54) is 0 Å². The number of sulfone groups is 1. The summed E-state index contributed by atoms with van der Waals surface area (Å²) < 4.78 is 34.3. The molecule has 1 atom stereocenters. The lowest BCUT2D eigenvalue weighted by Gasteiger charge is -2.17. The Kier molecular flexibility index (Phi) is 6.98. The lowest BCUT2D eigenvalue weighted by Crippen LogP contribution is -2.18. The highest BCUT2D eigenvalue weighted by molar-refractivity contribution is 7.91. The van der Waals surface area contributed by atoms with Gasteiger partial charge >= 0.3 is 0 Å². The molecule has 5 nitrogen and oxygen atoms in total. The standard InChI is InChI=1S/C15H25NO4S/c1-5-9-21(17,18)10-8-20-15-11-13(19-4)6-7-14(15)12(2)16-3/h6-7,11-12,16H,5,8-10H2,1-4H3. The van der Waals surface area contributed by atoms with Gasteiger partial charge in [0.1, 0.15) is 18.1 Å². The van der Waals surface area contributed by atoms with Crippen molar-refractivity contribution in [3.05, 3.63) is 23.8 Å². The highest BCUT2D eigenvalue weighted by Gasteiger charge is 2.14. The maximum Gasteiger partial charge on any atom is 0.153 e. The van der Waals surface area contributed by atoms with Crippen LogP contribution in [0.5, 0.6) is 11.5 Å². The van der Waals surface area contributed by atoms with Crippen LogP contribution in [-0.4, -0.2) is 40.7 Å². The fourth-order valence-corrected chi connectivity index (χ4v) is 3.13. The normalized spacial score (nSPS) is 13.0. The van der Waals surface area contributed by atoms with Gasteiger partial charge in [-0.25, -0.2) is 8.42 Å². The van der Waals surface area contributed by atoms with Crippen molar-refractivity contribution in [1.29, 1.82) is 0 Å². The Labute approximate surface area is 127 Å². The molecule has 1 aromatic rings. The number of methoxy groups -OCH3 is 1. The van der Waals surface area contributed by atoms with E-state index < -0.39 is 9.84 Å². The highest BCUT2D eigenvalue weighted by atomic mass is 32.2. The molecule has 0 aliphatic heterocycles. The van der Waals surface area contributed by atoms with Crippen LogP contribution in [-0.2, 0) is 9.84 Å². The molecule has 0 amide bonds. The largest absolute Gasteiger partial charge is 0.497 e. The van der Waals surface area contributed by atoms with Crippen LogP contribution in [0.25, 0.3) is 0 Å². The molecule has 0 bridgehead atoms. The Hall–Kier alpha value is -1.27. The van der Waals surface area contributed by atoms with E-state index in [2.05, 4.69) is 5.32 Å². The maximum absolute atomic E-state index is 11.7. The minimum atomic E-state index is -3.03. The second-order valence-electron chi connectivity index (χ2n) is 4.91. The number of ether oxygens (including phenoxy) is 2. The van der Waals surface area contributed by atoms with Crippen LogP contribution in [0.15, 0.2) is 18.2 Å². The summed E-state index contributed by atoms with van der Waals surface area (Å²) in [6.45, 7) is 4.02. The number of nitrogens with one attached hydrogen (secondary N) is 1. The lowest BCUT2D eigenvalue weighted by molar-refractivity contribution is 0.330. The summed E-state index contributed by atoms with van der Waals surface area (Å²) in [6.07, 6.45) is 0.629. The van der Waals surface area contributed by atoms with E-state index in [1.54, 1.807) is 13.2 Å². The third-order valence-electron chi connectivity index (χ3n) is 3.29. The van der Waals surface area contributed by atoms with Gasteiger partial charge < -0.3 is 14.8 Å². The Morgan fingerprint density at radius 1 is 1.29 bits per heavy atom. The molecule has 1 N–H and O–H groups in total. The molecule has 0 aromatic heterocycles. The summed E-state index contributed by atoms with van der Waals surface area (Å²) in [5, 5.41) is 3.15. The van der Waals surface area contributed by atoms with Crippen LogP contribution in [0.1, 0.15) is 31.9 Å². The van der Waals surface area contributed by atoms with Crippen LogP contribution in [0.2, 0.25) is 0 Å². The minimum Gasteiger partial charge on any atom is -0.497 e. The first-order valence-corrected chi connectivity index (χ1v) is 8.94. The highest BCUT2D eigenvalue weighted by Crippen LogP contribution is 2.29. The SMILES string of the molecule is CCCS(=O)(=O)CCOc1cc(OC)ccc1C(C)NC. The van der Waals surface area contributed by atoms with Crippen molar-refractivity contribution >= 4 is 9.84 Å². The molecule has 0 aliphatic rings. The quantitative estimate of drug-likeness (QED) is 0.756. The van der Waals surface area contributed by atoms with Gasteiger partial charge in [0.25, 0.3) is 0 Å². The number of benzene rings is 1. The van der Waals surface area contributed by atoms with Crippen LogP contribution < -0.4 is 14.8 Å². The Bertz CT molecular complexity index is 543. The monoisotopic (exact) mass is 315 g/mol. The molecule has 21 heavy (non-hydrogen) atoms. The molecule has 0 saturated carbocycles. The Morgan fingerprint density at radius 3 is 2.57 bits per heavy atom. The van der Waals surface area contributed by atoms with Crippen molar-refractivity contribution < 1.29 is 17.9 Å². The average molecular weight is 315 g/mol. The topological polar surface area (TPSA) is 64.6 Å². The summed E-state index contributed by atoms with van der Waals surface area (Å²) in [6, 6.07) is 5.69. The summed E-state index contributed by atoms with van der Waals surface area (Å²) in [4.78, 5) is 0. The Morgan fingerprint density at radius 2 is 2.00 bits per heavy atom. The van der Waals surface area contributed by atoms with Gasteiger partial charge in [0.15, 0.2) is 9.84 Å². The zero-order valence-electron chi connectivity index (χ0n) is 13.2. The van der Waals surface area contributed by atoms with Crippen molar-refractivity contribution in [3.63, 3.8) is 0 Å². The van der Waals surface area contributed by atoms with Crippen LogP contribution in [0.4, 0.5) is 0 Å². The lowest BCUT2D eigenvalue weighted by atomic mass is 10.1. The van der Waals surface area contributed by atoms with E-state index in [4.69, 9.17) is 9.47 Å². The summed E-state index contributed by atoms with van der Waals surface area (Å²) >= 11 is 0. The first-order valence-electron chi connectivity index (χ1n) is 7.12. The fraction of sp³-hybridized carbons (Fsp3) is 0.600. The molecule has 0 saturated heterocycles. The van der Waals surface area contributed by atoms with Crippen LogP contribution in [0, 0.1) is 0 Å². The van der Waals surface area contributed by atoms with Crippen molar-refractivity contribution in [2.24, 2.45) is 0 Å². The van der Waals surface area contributed by atoms with Gasteiger partial charge in [0, 0.05) is 17.7 Å². The van der Waals surface area contributed by atoms with Gasteiger partial charge in [-0.3, -0.25) is 0 Å². The van der Waals surface area contributed by atoms with E-state index in [0.717, 1.165) is 5.56 Å². The van der Waals surface area contributed by atoms with Crippen molar-refractivity contribution in [1.82, 2.24) is 5.32 Å². The van der Waals surface area contributed by atoms with Gasteiger partial charge in [-0.1, -0.05) is 13.0 Å². The molecule has 1 aromatic carbocycles. The Balaban J connectivity index is 2.80. The first kappa shape index (κ1) is 17.8. The van der Waals surface area contributed by atoms with Crippen LogP contribution in [0.3, 0.4) is 0 Å². The van der Waals surface area contributed by atoms with E-state index in [1.807, 2.05) is 33.0 Å². The van der Waals surface area contributed by atoms with Crippen molar-refractivity contribution in [2.45, 2.75) is 26.3 Å². The molecular weight excluding hydrogens is 290 g/mol. The minimum absolute atomic E-state index is 0.0332. The third-order valence-corrected chi connectivity index (χ3v) is 5.11. The summed E-state index contributed by atoms with van der Waals surface area (Å²) in [7, 11) is 0.427. The number of hydrogen-bond donors (Lipinski definition) is 1. The van der Waals surface area contributed by atoms with Gasteiger partial charge in [-0.05, 0) is 26.5 Å². The molecule has 0 spiro atoms. The van der Waals surface area contributed by atoms with Crippen molar-refractivity contribution in [2.75, 3.05) is 32.3 Å². The molecule has 0 aliphatic carbocycles. The zero-order chi connectivity index (χ0) is 15.9. The van der Waals surface area contributed by atoms with Gasteiger partial charge in [0.05, 0.1) is 18.6 Å². The van der Waals surface area contributed by atoms with Gasteiger partial charge in [-0.15, -0.1) is 0 Å². The van der Waals surface area contributed by atoms with Gasteiger partial charge in [0.2, 0.25) is 0 Å². The smallest absolute Gasteiger partial charge is 0.153 e. The van der Waals surface area contributed by atoms with E-state index in [-0.39, 0.29) is 24.2 Å². The van der Waals surface area contributed by atoms with E-state index >= 15 is 0 Å². The van der Waals surface area contributed by atoms with Crippen molar-refractivity contribution in [3.8, 4) is 11.5 Å². The van der Waals surface area contributed by atoms with Crippen LogP contribution >= 0.6 is 0 Å². The zero-order valence-corrected chi connectivity index (χ0v) is 14.0. The predicted molar refractivity (Wildman–Crippen MR) is 84.9 cm³/mol.